The van der Waals surface area contributed by atoms with E-state index in [-0.39, 0.29) is 17.0 Å². The van der Waals surface area contributed by atoms with Crippen molar-refractivity contribution in [3.8, 4) is 0 Å². The van der Waals surface area contributed by atoms with E-state index >= 15 is 0 Å². The molecule has 0 rings (SSSR count). The Balaban J connectivity index is 0. The third-order valence-corrected chi connectivity index (χ3v) is 22.6. The standard InChI is InChI=1S/C87H178N.BrH/c1-8-14-20-26-32-38-44-50-56-62-68-74-80-86(81-75-69-63-57-51-45-39-33-27-21-15-9-2)88(7,85-79-73-67-61-55-49-43-37-31-25-19-13-6)87(82-76-70-64-58-52-46-40-34-28-22-16-10-3,83-77-71-65-59-53-47-41-35-29-23-17-11-4)84-78-72-66-60-54-48-42-36-30-24-18-12-5;/h86H,8-85H2,1-7H3;1H/q+1;/p-1. The zero-order valence-corrected chi connectivity index (χ0v) is 65.6. The van der Waals surface area contributed by atoms with Crippen LogP contribution in [0.4, 0.5) is 0 Å². The topological polar surface area (TPSA) is 0 Å². The van der Waals surface area contributed by atoms with E-state index in [1.165, 1.54) is 505 Å². The van der Waals surface area contributed by atoms with Crippen LogP contribution in [0.5, 0.6) is 0 Å². The number of hydrogen-bond donors (Lipinski definition) is 0. The maximum Gasteiger partial charge on any atom is 0.0992 e. The predicted octanol–water partition coefficient (Wildman–Crippen LogP) is 29.7. The van der Waals surface area contributed by atoms with Crippen molar-refractivity contribution in [2.75, 3.05) is 13.6 Å². The summed E-state index contributed by atoms with van der Waals surface area (Å²) < 4.78 is 1.47. The van der Waals surface area contributed by atoms with Gasteiger partial charge in [0.15, 0.2) is 0 Å². The fourth-order valence-corrected chi connectivity index (χ4v) is 16.3. The quantitative estimate of drug-likeness (QED) is 0.0421. The number of quaternary nitrogens is 1. The summed E-state index contributed by atoms with van der Waals surface area (Å²) in [5.74, 6) is 0. The molecular weight excluding hydrogens is 1140 g/mol. The molecule has 89 heavy (non-hydrogen) atoms. The van der Waals surface area contributed by atoms with Crippen molar-refractivity contribution >= 4 is 0 Å². The van der Waals surface area contributed by atoms with Crippen molar-refractivity contribution in [1.82, 2.24) is 0 Å². The summed E-state index contributed by atoms with van der Waals surface area (Å²) in [6, 6.07) is 0.853. The zero-order valence-electron chi connectivity index (χ0n) is 64.1. The normalized spacial score (nSPS) is 12.7. The highest BCUT2D eigenvalue weighted by Crippen LogP contribution is 2.44. The fraction of sp³-hybridized carbons (Fsp3) is 1.00. The smallest absolute Gasteiger partial charge is 0.0992 e. The van der Waals surface area contributed by atoms with Crippen LogP contribution in [0.15, 0.2) is 0 Å². The molecule has 1 nitrogen and oxygen atoms in total. The first kappa shape index (κ1) is 91.5. The Bertz CT molecular complexity index is 1130. The predicted molar refractivity (Wildman–Crippen MR) is 407 cm³/mol. The Kier molecular flexibility index (Phi) is 79.6. The average Bonchev–Trinajstić information content (AvgIpc) is 1.21. The van der Waals surface area contributed by atoms with Gasteiger partial charge in [0.25, 0.3) is 0 Å². The molecule has 0 saturated carbocycles. The Morgan fingerprint density at radius 3 is 0.483 bits per heavy atom. The van der Waals surface area contributed by atoms with Gasteiger partial charge in [-0.25, -0.2) is 0 Å². The number of rotatable bonds is 80. The highest BCUT2D eigenvalue weighted by molar-refractivity contribution is 4.86. The fourth-order valence-electron chi connectivity index (χ4n) is 16.3. The second-order valence-electron chi connectivity index (χ2n) is 31.0. The Morgan fingerprint density at radius 1 is 0.180 bits per heavy atom. The van der Waals surface area contributed by atoms with Crippen LogP contribution in [-0.4, -0.2) is 29.7 Å². The second-order valence-corrected chi connectivity index (χ2v) is 31.0. The highest BCUT2D eigenvalue weighted by Gasteiger charge is 2.50. The zero-order chi connectivity index (χ0) is 63.7. The lowest BCUT2D eigenvalue weighted by Crippen LogP contribution is -3.00. The molecule has 0 heterocycles. The van der Waals surface area contributed by atoms with Crippen LogP contribution in [0.2, 0.25) is 0 Å². The van der Waals surface area contributed by atoms with Crippen LogP contribution in [0.25, 0.3) is 0 Å². The van der Waals surface area contributed by atoms with E-state index in [9.17, 15) is 0 Å². The van der Waals surface area contributed by atoms with Gasteiger partial charge < -0.3 is 21.5 Å². The largest absolute Gasteiger partial charge is 1.00 e. The molecule has 0 aliphatic carbocycles. The first-order chi connectivity index (χ1) is 43.5. The van der Waals surface area contributed by atoms with Gasteiger partial charge in [-0.2, -0.15) is 0 Å². The van der Waals surface area contributed by atoms with Crippen molar-refractivity contribution in [2.45, 2.75) is 548 Å². The van der Waals surface area contributed by atoms with E-state index in [0.717, 1.165) is 6.04 Å². The van der Waals surface area contributed by atoms with E-state index in [1.54, 1.807) is 0 Å². The first-order valence-corrected chi connectivity index (χ1v) is 43.4. The van der Waals surface area contributed by atoms with Gasteiger partial charge in [-0.1, -0.05) is 459 Å². The summed E-state index contributed by atoms with van der Waals surface area (Å²) in [4.78, 5) is 0. The molecule has 0 bridgehead atoms. The minimum Gasteiger partial charge on any atom is -1.00 e. The van der Waals surface area contributed by atoms with E-state index in [4.69, 9.17) is 0 Å². The summed E-state index contributed by atoms with van der Waals surface area (Å²) in [5.41, 5.74) is 0.451. The van der Waals surface area contributed by atoms with E-state index in [1.807, 2.05) is 0 Å². The average molecular weight is 1320 g/mol. The first-order valence-electron chi connectivity index (χ1n) is 43.4. The number of halogens is 1. The second kappa shape index (κ2) is 77.4. The van der Waals surface area contributed by atoms with Crippen LogP contribution in [-0.2, 0) is 0 Å². The molecule has 538 valence electrons. The lowest BCUT2D eigenvalue weighted by molar-refractivity contribution is -0.983. The molecule has 0 radical (unpaired) electrons. The molecular formula is C87H178BrN. The Hall–Kier alpha value is 0.440. The SMILES string of the molecule is CCCCCCCCCCCCCCC(CCCCCCCCCCCCCC)[N+](C)(CCCCCCCCCCCCCC)C(CCCCCCCCCCCCCC)(CCCCCCCCCCCCCC)CCCCCCCCCCCCCC.[Br-]. The molecule has 0 aromatic rings. The van der Waals surface area contributed by atoms with Crippen LogP contribution < -0.4 is 17.0 Å². The molecule has 0 amide bonds. The van der Waals surface area contributed by atoms with Crippen molar-refractivity contribution in [3.63, 3.8) is 0 Å². The minimum atomic E-state index is 0. The third kappa shape index (κ3) is 61.8. The van der Waals surface area contributed by atoms with Crippen LogP contribution in [0.3, 0.4) is 0 Å². The lowest BCUT2D eigenvalue weighted by Gasteiger charge is -2.57. The van der Waals surface area contributed by atoms with Gasteiger partial charge in [0, 0.05) is 19.3 Å². The minimum absolute atomic E-state index is 0. The van der Waals surface area contributed by atoms with Crippen molar-refractivity contribution in [2.24, 2.45) is 0 Å². The molecule has 1 atom stereocenters. The number of unbranched alkanes of at least 4 members (excludes halogenated alkanes) is 66. The summed E-state index contributed by atoms with van der Waals surface area (Å²) >= 11 is 0. The summed E-state index contributed by atoms with van der Waals surface area (Å²) in [7, 11) is 3.01. The molecule has 0 aromatic heterocycles. The monoisotopic (exact) mass is 1320 g/mol. The molecule has 0 saturated heterocycles. The molecule has 0 N–H and O–H groups in total. The van der Waals surface area contributed by atoms with Gasteiger partial charge in [-0.05, 0) is 57.8 Å². The molecule has 1 unspecified atom stereocenters. The summed E-state index contributed by atoms with van der Waals surface area (Å²) in [5, 5.41) is 0. The lowest BCUT2D eigenvalue weighted by atomic mass is 9.75. The summed E-state index contributed by atoms with van der Waals surface area (Å²) in [6.07, 6.45) is 114. The van der Waals surface area contributed by atoms with E-state index < -0.39 is 0 Å². The van der Waals surface area contributed by atoms with E-state index in [2.05, 4.69) is 48.6 Å². The molecule has 0 aliphatic heterocycles. The van der Waals surface area contributed by atoms with Gasteiger partial charge >= 0.3 is 0 Å². The van der Waals surface area contributed by atoms with Gasteiger partial charge in [-0.3, -0.25) is 0 Å². The van der Waals surface area contributed by atoms with Crippen LogP contribution >= 0.6 is 0 Å². The summed E-state index contributed by atoms with van der Waals surface area (Å²) in [6.45, 7) is 15.7. The van der Waals surface area contributed by atoms with E-state index in [0.29, 0.717) is 5.54 Å². The molecule has 0 aliphatic rings. The van der Waals surface area contributed by atoms with Gasteiger partial charge in [0.1, 0.15) is 0 Å². The molecule has 0 aromatic carbocycles. The Labute approximate surface area is 579 Å². The molecule has 0 spiro atoms. The van der Waals surface area contributed by atoms with Crippen LogP contribution in [0, 0.1) is 0 Å². The number of nitrogens with zero attached hydrogens (tertiary/aromatic N) is 1. The third-order valence-electron chi connectivity index (χ3n) is 22.6. The van der Waals surface area contributed by atoms with Crippen LogP contribution in [0.1, 0.15) is 536 Å². The highest BCUT2D eigenvalue weighted by atomic mass is 79.9. The van der Waals surface area contributed by atoms with Crippen molar-refractivity contribution < 1.29 is 21.5 Å². The maximum atomic E-state index is 3.01. The molecule has 2 heteroatoms. The maximum absolute atomic E-state index is 3.01. The van der Waals surface area contributed by atoms with Gasteiger partial charge in [0.05, 0.1) is 25.2 Å². The molecule has 0 fully saturated rings. The van der Waals surface area contributed by atoms with Gasteiger partial charge in [0.2, 0.25) is 0 Å². The van der Waals surface area contributed by atoms with Gasteiger partial charge in [-0.15, -0.1) is 0 Å². The number of hydrogen-bond acceptors (Lipinski definition) is 0. The van der Waals surface area contributed by atoms with Crippen molar-refractivity contribution in [1.29, 1.82) is 0 Å². The Morgan fingerprint density at radius 2 is 0.315 bits per heavy atom. The van der Waals surface area contributed by atoms with Crippen molar-refractivity contribution in [3.05, 3.63) is 0 Å².